The lowest BCUT2D eigenvalue weighted by Gasteiger charge is -2.62. The van der Waals surface area contributed by atoms with Crippen molar-refractivity contribution in [2.45, 2.75) is 77.2 Å². The summed E-state index contributed by atoms with van der Waals surface area (Å²) in [5, 5.41) is 11.7. The Morgan fingerprint density at radius 1 is 1.04 bits per heavy atom. The van der Waals surface area contributed by atoms with Crippen LogP contribution in [0.5, 0.6) is 0 Å². The molecule has 0 spiro atoms. The molecule has 4 saturated carbocycles. The zero-order valence-electron chi connectivity index (χ0n) is 14.5. The van der Waals surface area contributed by atoms with E-state index in [0.717, 1.165) is 64.1 Å². The smallest absolute Gasteiger partial charge is 0.133 e. The molecule has 2 unspecified atom stereocenters. The Morgan fingerprint density at radius 3 is 2.57 bits per heavy atom. The summed E-state index contributed by atoms with van der Waals surface area (Å²) in [6, 6.07) is 0. The summed E-state index contributed by atoms with van der Waals surface area (Å²) in [7, 11) is 0. The third-order valence-electron chi connectivity index (χ3n) is 8.90. The molecule has 7 atom stereocenters. The second-order valence-corrected chi connectivity index (χ2v) is 9.40. The molecular weight excluding hydrogens is 288 g/mol. The van der Waals surface area contributed by atoms with E-state index in [0.29, 0.717) is 23.5 Å². The van der Waals surface area contributed by atoms with Crippen LogP contribution >= 0.6 is 0 Å². The second-order valence-electron chi connectivity index (χ2n) is 9.40. The number of carbonyl (C=O) groups is 2. The fourth-order valence-corrected chi connectivity index (χ4v) is 7.27. The van der Waals surface area contributed by atoms with Gasteiger partial charge in [0.25, 0.3) is 0 Å². The zero-order valence-corrected chi connectivity index (χ0v) is 14.5. The molecule has 0 bridgehead atoms. The van der Waals surface area contributed by atoms with Crippen molar-refractivity contribution in [2.75, 3.05) is 0 Å². The van der Waals surface area contributed by atoms with Crippen LogP contribution in [0.2, 0.25) is 0 Å². The van der Waals surface area contributed by atoms with Gasteiger partial charge in [0.2, 0.25) is 0 Å². The number of hydrogen-bond donors (Lipinski definition) is 1. The summed E-state index contributed by atoms with van der Waals surface area (Å²) in [4.78, 5) is 23.5. The summed E-state index contributed by atoms with van der Waals surface area (Å²) in [5.74, 6) is 1.82. The fourth-order valence-electron chi connectivity index (χ4n) is 7.27. The maximum Gasteiger partial charge on any atom is 0.133 e. The van der Waals surface area contributed by atoms with E-state index in [1.807, 2.05) is 0 Å². The summed E-state index contributed by atoms with van der Waals surface area (Å²) < 4.78 is 0. The van der Waals surface area contributed by atoms with Gasteiger partial charge in [0.15, 0.2) is 0 Å². The maximum atomic E-state index is 11.9. The summed E-state index contributed by atoms with van der Waals surface area (Å²) >= 11 is 0. The van der Waals surface area contributed by atoms with Gasteiger partial charge in [0.05, 0.1) is 5.60 Å². The van der Waals surface area contributed by atoms with E-state index in [9.17, 15) is 14.7 Å². The second kappa shape index (κ2) is 4.91. The number of aliphatic hydroxyl groups is 1. The van der Waals surface area contributed by atoms with Crippen LogP contribution in [-0.4, -0.2) is 22.8 Å². The fraction of sp³-hybridized carbons (Fsp3) is 0.900. The molecule has 0 aromatic rings. The minimum atomic E-state index is -0.670. The highest BCUT2D eigenvalue weighted by Gasteiger charge is 2.67. The quantitative estimate of drug-likeness (QED) is 0.753. The molecule has 0 saturated heterocycles. The Morgan fingerprint density at radius 2 is 1.83 bits per heavy atom. The Kier molecular flexibility index (Phi) is 3.37. The van der Waals surface area contributed by atoms with Gasteiger partial charge in [-0.1, -0.05) is 13.8 Å². The van der Waals surface area contributed by atoms with Crippen molar-refractivity contribution in [3.8, 4) is 0 Å². The van der Waals surface area contributed by atoms with Crippen LogP contribution in [0.15, 0.2) is 0 Å². The van der Waals surface area contributed by atoms with E-state index in [1.165, 1.54) is 0 Å². The Bertz CT molecular complexity index is 543. The predicted molar refractivity (Wildman–Crippen MR) is 87.7 cm³/mol. The largest absolute Gasteiger partial charge is 0.389 e. The molecule has 4 aliphatic rings. The highest BCUT2D eigenvalue weighted by atomic mass is 16.3. The number of ketones is 1. The molecule has 0 aromatic carbocycles. The molecule has 4 fully saturated rings. The van der Waals surface area contributed by atoms with Crippen LogP contribution in [0.4, 0.5) is 0 Å². The van der Waals surface area contributed by atoms with Gasteiger partial charge in [-0.25, -0.2) is 0 Å². The molecule has 0 amide bonds. The maximum absolute atomic E-state index is 11.9. The van der Waals surface area contributed by atoms with Crippen molar-refractivity contribution in [1.82, 2.24) is 0 Å². The van der Waals surface area contributed by atoms with Gasteiger partial charge < -0.3 is 9.90 Å². The number of Topliss-reactive ketones (excluding diaryl/α,β-unsaturated/α-hetero) is 1. The number of fused-ring (bicyclic) bond motifs is 5. The molecule has 4 rings (SSSR count). The van der Waals surface area contributed by atoms with E-state index in [-0.39, 0.29) is 16.7 Å². The number of rotatable bonds is 1. The van der Waals surface area contributed by atoms with E-state index in [4.69, 9.17) is 0 Å². The minimum Gasteiger partial charge on any atom is -0.389 e. The average molecular weight is 318 g/mol. The van der Waals surface area contributed by atoms with Crippen LogP contribution in [0, 0.1) is 34.5 Å². The predicted octanol–water partition coefficient (Wildman–Crippen LogP) is 3.53. The molecule has 3 nitrogen and oxygen atoms in total. The van der Waals surface area contributed by atoms with Crippen molar-refractivity contribution in [3.05, 3.63) is 0 Å². The monoisotopic (exact) mass is 318 g/mol. The van der Waals surface area contributed by atoms with Crippen LogP contribution in [0.1, 0.15) is 71.6 Å². The lowest BCUT2D eigenvalue weighted by Crippen LogP contribution is -2.62. The molecule has 0 aromatic heterocycles. The number of aldehydes is 1. The van der Waals surface area contributed by atoms with Crippen molar-refractivity contribution >= 4 is 12.1 Å². The molecule has 0 aliphatic heterocycles. The van der Waals surface area contributed by atoms with Crippen LogP contribution in [0.3, 0.4) is 0 Å². The van der Waals surface area contributed by atoms with Gasteiger partial charge in [-0.3, -0.25) is 4.79 Å². The van der Waals surface area contributed by atoms with Gasteiger partial charge >= 0.3 is 0 Å². The normalized spacial score (nSPS) is 55.7. The molecule has 0 radical (unpaired) electrons. The molecular formula is C20H30O3. The van der Waals surface area contributed by atoms with Crippen LogP contribution in [-0.2, 0) is 9.59 Å². The zero-order chi connectivity index (χ0) is 16.5. The van der Waals surface area contributed by atoms with E-state index in [1.54, 1.807) is 0 Å². The van der Waals surface area contributed by atoms with E-state index >= 15 is 0 Å². The summed E-state index contributed by atoms with van der Waals surface area (Å²) in [6.45, 7) is 4.55. The first-order valence-corrected chi connectivity index (χ1v) is 9.54. The number of carbonyl (C=O) groups excluding carboxylic acids is 2. The molecule has 23 heavy (non-hydrogen) atoms. The minimum absolute atomic E-state index is 0.0203. The van der Waals surface area contributed by atoms with Crippen molar-refractivity contribution < 1.29 is 14.7 Å². The first-order valence-electron chi connectivity index (χ1n) is 9.54. The standard InChI is InChI=1S/C20H30O3/c1-18-8-6-15(22)11-13(18)3-4-17-16(18)7-9-19(2)14(12-21)5-10-20(17,19)23/h12-14,16-17,23H,3-11H2,1-2H3/t13?,14?,16-,17-,18+,19-,20-/m1/s1. The van der Waals surface area contributed by atoms with Gasteiger partial charge in [0, 0.05) is 24.2 Å². The highest BCUT2D eigenvalue weighted by molar-refractivity contribution is 5.79. The first-order chi connectivity index (χ1) is 10.8. The topological polar surface area (TPSA) is 54.4 Å². The van der Waals surface area contributed by atoms with Gasteiger partial charge in [-0.15, -0.1) is 0 Å². The lowest BCUT2D eigenvalue weighted by atomic mass is 9.43. The van der Waals surface area contributed by atoms with E-state index < -0.39 is 5.60 Å². The SMILES string of the molecule is C[C@]12CCC(=O)CC1CC[C@@H]1[C@H]2CC[C@]2(C)C(C=O)CC[C@@]12O. The molecule has 0 heterocycles. The van der Waals surface area contributed by atoms with Crippen molar-refractivity contribution in [2.24, 2.45) is 34.5 Å². The summed E-state index contributed by atoms with van der Waals surface area (Å²) in [6.07, 6.45) is 9.41. The average Bonchev–Trinajstić information content (AvgIpc) is 2.79. The third kappa shape index (κ3) is 1.86. The first kappa shape index (κ1) is 15.8. The molecule has 4 aliphatic carbocycles. The van der Waals surface area contributed by atoms with Gasteiger partial charge in [-0.2, -0.15) is 0 Å². The summed E-state index contributed by atoms with van der Waals surface area (Å²) in [5.41, 5.74) is -0.687. The third-order valence-corrected chi connectivity index (χ3v) is 8.90. The van der Waals surface area contributed by atoms with Crippen LogP contribution < -0.4 is 0 Å². The lowest BCUT2D eigenvalue weighted by molar-refractivity contribution is -0.204. The van der Waals surface area contributed by atoms with E-state index in [2.05, 4.69) is 13.8 Å². The van der Waals surface area contributed by atoms with Crippen molar-refractivity contribution in [3.63, 3.8) is 0 Å². The number of hydrogen-bond acceptors (Lipinski definition) is 3. The Balaban J connectivity index is 1.69. The highest BCUT2D eigenvalue weighted by Crippen LogP contribution is 2.68. The Hall–Kier alpha value is -0.700. The van der Waals surface area contributed by atoms with Crippen LogP contribution in [0.25, 0.3) is 0 Å². The Labute approximate surface area is 139 Å². The van der Waals surface area contributed by atoms with Gasteiger partial charge in [-0.05, 0) is 68.1 Å². The van der Waals surface area contributed by atoms with Crippen molar-refractivity contribution in [1.29, 1.82) is 0 Å². The molecule has 128 valence electrons. The molecule has 1 N–H and O–H groups in total. The van der Waals surface area contributed by atoms with Gasteiger partial charge in [0.1, 0.15) is 12.1 Å². The molecule has 3 heteroatoms.